The molecule has 0 amide bonds. The van der Waals surface area contributed by atoms with Crippen molar-refractivity contribution in [1.29, 1.82) is 0 Å². The first-order valence-electron chi connectivity index (χ1n) is 4.11. The maximum Gasteiger partial charge on any atom is 0.196 e. The van der Waals surface area contributed by atoms with Crippen molar-refractivity contribution in [1.82, 2.24) is 4.98 Å². The van der Waals surface area contributed by atoms with Gasteiger partial charge in [0.15, 0.2) is 5.89 Å². The monoisotopic (exact) mass is 170 g/mol. The van der Waals surface area contributed by atoms with E-state index in [-0.39, 0.29) is 6.61 Å². The minimum Gasteiger partial charge on any atom is -0.446 e. The van der Waals surface area contributed by atoms with Gasteiger partial charge in [-0.15, -0.1) is 0 Å². The van der Waals surface area contributed by atoms with E-state index < -0.39 is 0 Å². The minimum atomic E-state index is 0.0802. The summed E-state index contributed by atoms with van der Waals surface area (Å²) in [6.45, 7) is 0.743. The van der Waals surface area contributed by atoms with Gasteiger partial charge in [0, 0.05) is 12.8 Å². The highest BCUT2D eigenvalue weighted by atomic mass is 16.4. The molecule has 0 saturated heterocycles. The highest BCUT2D eigenvalue weighted by Crippen LogP contribution is 2.05. The molecule has 0 unspecified atom stereocenters. The number of aryl methyl sites for hydroxylation is 1. The molecule has 1 rings (SSSR count). The van der Waals surface area contributed by atoms with Gasteiger partial charge in [0.05, 0.1) is 12.8 Å². The molecule has 0 aliphatic heterocycles. The molecule has 0 fully saturated rings. The van der Waals surface area contributed by atoms with E-state index in [1.165, 1.54) is 0 Å². The van der Waals surface area contributed by atoms with Crippen molar-refractivity contribution in [3.8, 4) is 0 Å². The average molecular weight is 170 g/mol. The molecule has 1 heterocycles. The van der Waals surface area contributed by atoms with Crippen molar-refractivity contribution >= 4 is 0 Å². The van der Waals surface area contributed by atoms with Crippen molar-refractivity contribution in [2.45, 2.75) is 19.3 Å². The topological polar surface area (TPSA) is 72.3 Å². The number of aromatic nitrogens is 1. The summed E-state index contributed by atoms with van der Waals surface area (Å²) < 4.78 is 5.30. The quantitative estimate of drug-likeness (QED) is 0.657. The Morgan fingerprint density at radius 3 is 3.00 bits per heavy atom. The van der Waals surface area contributed by atoms with E-state index >= 15 is 0 Å². The summed E-state index contributed by atoms with van der Waals surface area (Å²) in [4.78, 5) is 3.99. The van der Waals surface area contributed by atoms with E-state index in [1.807, 2.05) is 0 Å². The van der Waals surface area contributed by atoms with Gasteiger partial charge in [-0.25, -0.2) is 4.98 Å². The third-order valence-electron chi connectivity index (χ3n) is 1.55. The van der Waals surface area contributed by atoms with E-state index in [2.05, 4.69) is 4.98 Å². The van der Waals surface area contributed by atoms with Gasteiger partial charge in [-0.05, 0) is 13.0 Å². The molecule has 0 atom stereocenters. The number of oxazole rings is 1. The molecule has 0 radical (unpaired) electrons. The first-order valence-corrected chi connectivity index (χ1v) is 4.11. The lowest BCUT2D eigenvalue weighted by Crippen LogP contribution is -1.99. The van der Waals surface area contributed by atoms with Crippen LogP contribution in [0.5, 0.6) is 0 Å². The molecule has 1 aromatic rings. The summed E-state index contributed by atoms with van der Waals surface area (Å²) in [5.41, 5.74) is 5.34. The van der Waals surface area contributed by atoms with Crippen LogP contribution >= 0.6 is 0 Å². The molecule has 68 valence electrons. The van der Waals surface area contributed by atoms with Crippen molar-refractivity contribution in [2.75, 3.05) is 13.2 Å². The Balaban J connectivity index is 2.41. The van der Waals surface area contributed by atoms with Crippen LogP contribution in [0.15, 0.2) is 10.6 Å². The fourth-order valence-corrected chi connectivity index (χ4v) is 0.951. The predicted molar refractivity (Wildman–Crippen MR) is 44.7 cm³/mol. The van der Waals surface area contributed by atoms with Crippen LogP contribution in [0.25, 0.3) is 0 Å². The zero-order chi connectivity index (χ0) is 8.81. The van der Waals surface area contributed by atoms with Gasteiger partial charge in [0.1, 0.15) is 5.76 Å². The fraction of sp³-hybridized carbons (Fsp3) is 0.625. The highest BCUT2D eigenvalue weighted by molar-refractivity contribution is 4.94. The summed E-state index contributed by atoms with van der Waals surface area (Å²) in [6.07, 6.45) is 3.92. The highest BCUT2D eigenvalue weighted by Gasteiger charge is 2.01. The van der Waals surface area contributed by atoms with Crippen LogP contribution in [0.4, 0.5) is 0 Å². The zero-order valence-corrected chi connectivity index (χ0v) is 6.99. The van der Waals surface area contributed by atoms with Gasteiger partial charge in [-0.2, -0.15) is 0 Å². The third kappa shape index (κ3) is 2.64. The van der Waals surface area contributed by atoms with Crippen LogP contribution in [-0.4, -0.2) is 23.2 Å². The number of rotatable bonds is 5. The van der Waals surface area contributed by atoms with E-state index in [4.69, 9.17) is 15.3 Å². The van der Waals surface area contributed by atoms with Gasteiger partial charge < -0.3 is 15.3 Å². The second-order valence-electron chi connectivity index (χ2n) is 2.59. The van der Waals surface area contributed by atoms with Crippen LogP contribution in [0.1, 0.15) is 18.1 Å². The van der Waals surface area contributed by atoms with E-state index in [1.54, 1.807) is 6.20 Å². The molecule has 4 nitrogen and oxygen atoms in total. The largest absolute Gasteiger partial charge is 0.446 e. The summed E-state index contributed by atoms with van der Waals surface area (Å²) in [5, 5.41) is 8.59. The van der Waals surface area contributed by atoms with Gasteiger partial charge in [0.25, 0.3) is 0 Å². The SMILES string of the molecule is NCCCc1cnc(CCO)o1. The number of nitrogens with two attached hydrogens (primary N) is 1. The third-order valence-corrected chi connectivity index (χ3v) is 1.55. The van der Waals surface area contributed by atoms with Crippen LogP contribution in [-0.2, 0) is 12.8 Å². The molecule has 4 heteroatoms. The Bertz CT molecular complexity index is 223. The summed E-state index contributed by atoms with van der Waals surface area (Å²) in [5.74, 6) is 1.45. The van der Waals surface area contributed by atoms with Gasteiger partial charge in [0.2, 0.25) is 0 Å². The lowest BCUT2D eigenvalue weighted by molar-refractivity contribution is 0.283. The zero-order valence-electron chi connectivity index (χ0n) is 6.99. The number of nitrogens with zero attached hydrogens (tertiary/aromatic N) is 1. The second-order valence-corrected chi connectivity index (χ2v) is 2.59. The Hall–Kier alpha value is -0.870. The smallest absolute Gasteiger partial charge is 0.196 e. The minimum absolute atomic E-state index is 0.0802. The van der Waals surface area contributed by atoms with Crippen LogP contribution < -0.4 is 5.73 Å². The number of aliphatic hydroxyl groups excluding tert-OH is 1. The Labute approximate surface area is 71.4 Å². The lowest BCUT2D eigenvalue weighted by atomic mass is 10.3. The van der Waals surface area contributed by atoms with Gasteiger partial charge >= 0.3 is 0 Å². The maximum atomic E-state index is 8.59. The van der Waals surface area contributed by atoms with E-state index in [9.17, 15) is 0 Å². The number of hydrogen-bond donors (Lipinski definition) is 2. The molecule has 0 spiro atoms. The van der Waals surface area contributed by atoms with Crippen molar-refractivity contribution < 1.29 is 9.52 Å². The van der Waals surface area contributed by atoms with Crippen molar-refractivity contribution in [2.24, 2.45) is 5.73 Å². The second kappa shape index (κ2) is 4.90. The molecule has 0 aliphatic rings. The molecular formula is C8H14N2O2. The van der Waals surface area contributed by atoms with Crippen molar-refractivity contribution in [3.63, 3.8) is 0 Å². The molecule has 0 aromatic carbocycles. The molecule has 0 bridgehead atoms. The summed E-state index contributed by atoms with van der Waals surface area (Å²) >= 11 is 0. The van der Waals surface area contributed by atoms with Crippen LogP contribution in [0.2, 0.25) is 0 Å². The molecule has 0 saturated carbocycles. The predicted octanol–water partition coefficient (Wildman–Crippen LogP) is 0.101. The average Bonchev–Trinajstić information content (AvgIpc) is 2.50. The van der Waals surface area contributed by atoms with E-state index in [0.717, 1.165) is 18.6 Å². The maximum absolute atomic E-state index is 8.59. The molecule has 0 aliphatic carbocycles. The number of aliphatic hydroxyl groups is 1. The Morgan fingerprint density at radius 1 is 1.50 bits per heavy atom. The van der Waals surface area contributed by atoms with Crippen LogP contribution in [0, 0.1) is 0 Å². The fourth-order valence-electron chi connectivity index (χ4n) is 0.951. The van der Waals surface area contributed by atoms with Crippen molar-refractivity contribution in [3.05, 3.63) is 17.8 Å². The summed E-state index contributed by atoms with van der Waals surface area (Å²) in [6, 6.07) is 0. The molecule has 1 aromatic heterocycles. The lowest BCUT2D eigenvalue weighted by Gasteiger charge is -1.92. The Kier molecular flexibility index (Phi) is 3.76. The standard InChI is InChI=1S/C8H14N2O2/c9-4-1-2-7-6-10-8(12-7)3-5-11/h6,11H,1-5,9H2. The van der Waals surface area contributed by atoms with Gasteiger partial charge in [-0.3, -0.25) is 0 Å². The molecular weight excluding hydrogens is 156 g/mol. The summed E-state index contributed by atoms with van der Waals surface area (Å²) in [7, 11) is 0. The van der Waals surface area contributed by atoms with Crippen LogP contribution in [0.3, 0.4) is 0 Å². The molecule has 3 N–H and O–H groups in total. The first kappa shape index (κ1) is 9.22. The van der Waals surface area contributed by atoms with Gasteiger partial charge in [-0.1, -0.05) is 0 Å². The first-order chi connectivity index (χ1) is 5.86. The normalized spacial score (nSPS) is 10.5. The Morgan fingerprint density at radius 2 is 2.33 bits per heavy atom. The van der Waals surface area contributed by atoms with E-state index in [0.29, 0.717) is 18.9 Å². The molecule has 12 heavy (non-hydrogen) atoms. The number of hydrogen-bond acceptors (Lipinski definition) is 4.